The van der Waals surface area contributed by atoms with Gasteiger partial charge in [0.05, 0.1) is 17.1 Å². The monoisotopic (exact) mass is 382 g/mol. The maximum atomic E-state index is 12.8. The summed E-state index contributed by atoms with van der Waals surface area (Å²) >= 11 is 6.36. The summed E-state index contributed by atoms with van der Waals surface area (Å²) in [6, 6.07) is 15.9. The molecule has 3 aromatic rings. The molecule has 2 heterocycles. The fourth-order valence-electron chi connectivity index (χ4n) is 3.65. The number of amides is 1. The molecule has 0 fully saturated rings. The zero-order valence-corrected chi connectivity index (χ0v) is 16.1. The third-order valence-electron chi connectivity index (χ3n) is 5.11. The van der Waals surface area contributed by atoms with Gasteiger partial charge in [-0.15, -0.1) is 0 Å². The van der Waals surface area contributed by atoms with E-state index in [1.165, 1.54) is 5.56 Å². The summed E-state index contributed by atoms with van der Waals surface area (Å²) < 4.78 is 8.09. The molecule has 1 amide bonds. The van der Waals surface area contributed by atoms with Crippen LogP contribution in [0.1, 0.15) is 35.8 Å². The third-order valence-corrected chi connectivity index (χ3v) is 5.44. The number of hydrogen-bond donors (Lipinski definition) is 1. The Morgan fingerprint density at radius 3 is 2.85 bits per heavy atom. The molecule has 1 aromatic heterocycles. The van der Waals surface area contributed by atoms with Gasteiger partial charge >= 0.3 is 0 Å². The fourth-order valence-corrected chi connectivity index (χ4v) is 3.86. The van der Waals surface area contributed by atoms with Crippen molar-refractivity contribution < 1.29 is 9.53 Å². The Bertz CT molecular complexity index is 965. The number of rotatable bonds is 6. The third kappa shape index (κ3) is 3.54. The summed E-state index contributed by atoms with van der Waals surface area (Å²) in [5, 5.41) is 4.57. The highest BCUT2D eigenvalue weighted by atomic mass is 35.5. The van der Waals surface area contributed by atoms with Crippen LogP contribution in [0.5, 0.6) is 5.75 Å². The van der Waals surface area contributed by atoms with Gasteiger partial charge < -0.3 is 14.6 Å². The van der Waals surface area contributed by atoms with Crippen LogP contribution in [0, 0.1) is 0 Å². The first-order valence-electron chi connectivity index (χ1n) is 9.48. The molecule has 0 spiro atoms. The highest BCUT2D eigenvalue weighted by Gasteiger charge is 2.26. The molecule has 4 rings (SSSR count). The van der Waals surface area contributed by atoms with Gasteiger partial charge in [0.25, 0.3) is 5.91 Å². The van der Waals surface area contributed by atoms with Gasteiger partial charge in [-0.3, -0.25) is 4.79 Å². The molecule has 1 N–H and O–H groups in total. The van der Waals surface area contributed by atoms with Crippen LogP contribution in [0.4, 0.5) is 0 Å². The van der Waals surface area contributed by atoms with Crippen LogP contribution in [0.25, 0.3) is 10.9 Å². The standard InChI is InChI=1S/C22H23ClN2O2/c1-2-16-14-25-19(13-17-18(23)10-11-20(27-16)21(17)25)22(26)24-12-6-9-15-7-4-3-5-8-15/h3-5,7-8,10-11,13,16H,2,6,9,12,14H2,1H3,(H,24,26). The predicted molar refractivity (Wildman–Crippen MR) is 109 cm³/mol. The van der Waals surface area contributed by atoms with Gasteiger partial charge in [-0.2, -0.15) is 0 Å². The second-order valence-corrected chi connectivity index (χ2v) is 7.35. The van der Waals surface area contributed by atoms with Gasteiger partial charge in [-0.05, 0) is 43.0 Å². The Balaban J connectivity index is 1.51. The number of benzene rings is 2. The van der Waals surface area contributed by atoms with Crippen molar-refractivity contribution >= 4 is 28.4 Å². The van der Waals surface area contributed by atoms with E-state index >= 15 is 0 Å². The van der Waals surface area contributed by atoms with Crippen LogP contribution in [-0.4, -0.2) is 23.1 Å². The molecule has 1 atom stereocenters. The number of ether oxygens (including phenoxy) is 1. The molecular weight excluding hydrogens is 360 g/mol. The van der Waals surface area contributed by atoms with Crippen LogP contribution >= 0.6 is 11.6 Å². The van der Waals surface area contributed by atoms with E-state index in [0.29, 0.717) is 23.8 Å². The van der Waals surface area contributed by atoms with Gasteiger partial charge in [0, 0.05) is 11.9 Å². The molecule has 0 bridgehead atoms. The fraction of sp³-hybridized carbons (Fsp3) is 0.318. The van der Waals surface area contributed by atoms with E-state index in [9.17, 15) is 4.79 Å². The molecule has 0 radical (unpaired) electrons. The number of nitrogens with one attached hydrogen (secondary N) is 1. The molecular formula is C22H23ClN2O2. The summed E-state index contributed by atoms with van der Waals surface area (Å²) in [5.41, 5.74) is 2.86. The summed E-state index contributed by atoms with van der Waals surface area (Å²) in [6.45, 7) is 3.40. The summed E-state index contributed by atoms with van der Waals surface area (Å²) in [6.07, 6.45) is 2.81. The minimum atomic E-state index is -0.0574. The Morgan fingerprint density at radius 2 is 2.07 bits per heavy atom. The molecule has 2 aromatic carbocycles. The van der Waals surface area contributed by atoms with Gasteiger partial charge in [0.2, 0.25) is 0 Å². The molecule has 0 saturated heterocycles. The second-order valence-electron chi connectivity index (χ2n) is 6.94. The number of aromatic nitrogens is 1. The molecule has 0 saturated carbocycles. The quantitative estimate of drug-likeness (QED) is 0.620. The lowest BCUT2D eigenvalue weighted by Gasteiger charge is -2.26. The number of hydrogen-bond acceptors (Lipinski definition) is 2. The Labute approximate surface area is 164 Å². The van der Waals surface area contributed by atoms with E-state index in [4.69, 9.17) is 16.3 Å². The molecule has 4 nitrogen and oxygen atoms in total. The molecule has 1 aliphatic rings. The Kier molecular flexibility index (Phi) is 5.08. The lowest BCUT2D eigenvalue weighted by atomic mass is 10.1. The van der Waals surface area contributed by atoms with Crippen molar-refractivity contribution in [2.24, 2.45) is 0 Å². The van der Waals surface area contributed by atoms with Crippen LogP contribution in [0.15, 0.2) is 48.5 Å². The molecule has 27 heavy (non-hydrogen) atoms. The Morgan fingerprint density at radius 1 is 1.26 bits per heavy atom. The topological polar surface area (TPSA) is 43.3 Å². The largest absolute Gasteiger partial charge is 0.486 e. The van der Waals surface area contributed by atoms with Gasteiger partial charge in [-0.1, -0.05) is 48.9 Å². The van der Waals surface area contributed by atoms with Crippen molar-refractivity contribution in [3.05, 3.63) is 64.8 Å². The maximum absolute atomic E-state index is 12.8. The van der Waals surface area contributed by atoms with Crippen molar-refractivity contribution in [2.75, 3.05) is 6.54 Å². The van der Waals surface area contributed by atoms with Crippen LogP contribution in [0.2, 0.25) is 5.02 Å². The van der Waals surface area contributed by atoms with Crippen LogP contribution in [-0.2, 0) is 13.0 Å². The van der Waals surface area contributed by atoms with Crippen LogP contribution in [0.3, 0.4) is 0 Å². The lowest BCUT2D eigenvalue weighted by Crippen LogP contribution is -2.32. The highest BCUT2D eigenvalue weighted by Crippen LogP contribution is 2.38. The number of carbonyl (C=O) groups is 1. The second kappa shape index (κ2) is 7.65. The smallest absolute Gasteiger partial charge is 0.267 e. The summed E-state index contributed by atoms with van der Waals surface area (Å²) in [7, 11) is 0. The first-order valence-corrected chi connectivity index (χ1v) is 9.85. The zero-order valence-electron chi connectivity index (χ0n) is 15.4. The average Bonchev–Trinajstić information content (AvgIpc) is 3.09. The van der Waals surface area contributed by atoms with Gasteiger partial charge in [-0.25, -0.2) is 0 Å². The minimum Gasteiger partial charge on any atom is -0.486 e. The van der Waals surface area contributed by atoms with Crippen molar-refractivity contribution in [3.8, 4) is 5.75 Å². The minimum absolute atomic E-state index is 0.0574. The average molecular weight is 383 g/mol. The first-order chi connectivity index (χ1) is 13.2. The van der Waals surface area contributed by atoms with E-state index in [-0.39, 0.29) is 12.0 Å². The van der Waals surface area contributed by atoms with Gasteiger partial charge in [0.1, 0.15) is 17.5 Å². The number of halogens is 1. The SMILES string of the molecule is CCC1Cn2c(C(=O)NCCCc3ccccc3)cc3c(Cl)ccc(c32)O1. The maximum Gasteiger partial charge on any atom is 0.267 e. The zero-order chi connectivity index (χ0) is 18.8. The summed E-state index contributed by atoms with van der Waals surface area (Å²) in [5.74, 6) is 0.744. The van der Waals surface area contributed by atoms with Gasteiger partial charge in [0.15, 0.2) is 0 Å². The predicted octanol–water partition coefficient (Wildman–Crippen LogP) is 4.83. The highest BCUT2D eigenvalue weighted by molar-refractivity contribution is 6.36. The van der Waals surface area contributed by atoms with E-state index in [0.717, 1.165) is 35.9 Å². The van der Waals surface area contributed by atoms with Crippen molar-refractivity contribution in [2.45, 2.75) is 38.8 Å². The van der Waals surface area contributed by atoms with E-state index in [1.54, 1.807) is 0 Å². The number of carbonyl (C=O) groups excluding carboxylic acids is 1. The summed E-state index contributed by atoms with van der Waals surface area (Å²) in [4.78, 5) is 12.8. The van der Waals surface area contributed by atoms with Crippen molar-refractivity contribution in [1.82, 2.24) is 9.88 Å². The lowest BCUT2D eigenvalue weighted by molar-refractivity contribution is 0.0937. The van der Waals surface area contributed by atoms with Crippen LogP contribution < -0.4 is 10.1 Å². The number of aryl methyl sites for hydroxylation is 1. The van der Waals surface area contributed by atoms with E-state index in [1.807, 2.05) is 36.4 Å². The number of nitrogens with zero attached hydrogens (tertiary/aromatic N) is 1. The molecule has 0 aliphatic carbocycles. The normalized spacial score (nSPS) is 15.6. The molecule has 5 heteroatoms. The van der Waals surface area contributed by atoms with E-state index < -0.39 is 0 Å². The molecule has 1 unspecified atom stereocenters. The molecule has 140 valence electrons. The van der Waals surface area contributed by atoms with Crippen molar-refractivity contribution in [3.63, 3.8) is 0 Å². The van der Waals surface area contributed by atoms with Crippen molar-refractivity contribution in [1.29, 1.82) is 0 Å². The van der Waals surface area contributed by atoms with E-state index in [2.05, 4.69) is 28.9 Å². The molecule has 1 aliphatic heterocycles. The Hall–Kier alpha value is -2.46. The first kappa shape index (κ1) is 17.9.